The van der Waals surface area contributed by atoms with Crippen LogP contribution in [-0.4, -0.2) is 11.7 Å². The zero-order valence-electron chi connectivity index (χ0n) is 6.70. The molecule has 1 aromatic rings. The van der Waals surface area contributed by atoms with Crippen LogP contribution in [0.3, 0.4) is 0 Å². The molecule has 1 saturated carbocycles. The zero-order valence-corrected chi connectivity index (χ0v) is 6.70. The van der Waals surface area contributed by atoms with Crippen LogP contribution in [0.4, 0.5) is 4.39 Å². The summed E-state index contributed by atoms with van der Waals surface area (Å²) in [6, 6.07) is 6.80. The Morgan fingerprint density at radius 2 is 2.17 bits per heavy atom. The van der Waals surface area contributed by atoms with Gasteiger partial charge in [-0.25, -0.2) is 4.39 Å². The van der Waals surface area contributed by atoms with Crippen LogP contribution in [0.5, 0.6) is 0 Å². The summed E-state index contributed by atoms with van der Waals surface area (Å²) in [5.74, 6) is 0.413. The molecule has 0 saturated heterocycles. The topological polar surface area (TPSA) is 20.2 Å². The van der Waals surface area contributed by atoms with Gasteiger partial charge in [0.1, 0.15) is 5.82 Å². The Kier molecular flexibility index (Phi) is 1.85. The minimum Gasteiger partial charge on any atom is -0.396 e. The van der Waals surface area contributed by atoms with E-state index in [1.807, 2.05) is 6.07 Å². The fourth-order valence-electron chi connectivity index (χ4n) is 1.61. The number of hydrogen-bond donors (Lipinski definition) is 1. The molecule has 0 aromatic heterocycles. The number of aliphatic hydroxyl groups excluding tert-OH is 1. The van der Waals surface area contributed by atoms with Gasteiger partial charge in [0, 0.05) is 6.61 Å². The lowest BCUT2D eigenvalue weighted by molar-refractivity contribution is 0.273. The molecule has 1 N–H and O–H groups in total. The van der Waals surface area contributed by atoms with Crippen LogP contribution in [0.15, 0.2) is 24.3 Å². The first-order chi connectivity index (χ1) is 5.83. The van der Waals surface area contributed by atoms with Crippen molar-refractivity contribution in [1.29, 1.82) is 0 Å². The van der Waals surface area contributed by atoms with Gasteiger partial charge in [-0.05, 0) is 29.9 Å². The highest BCUT2D eigenvalue weighted by atomic mass is 19.1. The Hall–Kier alpha value is -0.890. The van der Waals surface area contributed by atoms with Crippen LogP contribution in [0.2, 0.25) is 0 Å². The van der Waals surface area contributed by atoms with E-state index in [9.17, 15) is 4.39 Å². The fourth-order valence-corrected chi connectivity index (χ4v) is 1.61. The molecule has 1 fully saturated rings. The summed E-state index contributed by atoms with van der Waals surface area (Å²) < 4.78 is 13.1. The average molecular weight is 166 g/mol. The van der Waals surface area contributed by atoms with Gasteiger partial charge in [-0.3, -0.25) is 0 Å². The van der Waals surface area contributed by atoms with Crippen molar-refractivity contribution in [2.45, 2.75) is 12.3 Å². The summed E-state index contributed by atoms with van der Waals surface area (Å²) in [4.78, 5) is 0. The summed E-state index contributed by atoms with van der Waals surface area (Å²) in [6.45, 7) is 0.180. The quantitative estimate of drug-likeness (QED) is 0.711. The molecular weight excluding hydrogens is 155 g/mol. The van der Waals surface area contributed by atoms with Gasteiger partial charge >= 0.3 is 0 Å². The predicted octanol–water partition coefficient (Wildman–Crippen LogP) is 1.92. The number of benzene rings is 1. The first-order valence-electron chi connectivity index (χ1n) is 4.18. The van der Waals surface area contributed by atoms with E-state index in [1.54, 1.807) is 12.1 Å². The van der Waals surface area contributed by atoms with Crippen LogP contribution in [0, 0.1) is 11.7 Å². The molecule has 0 spiro atoms. The Morgan fingerprint density at radius 1 is 1.42 bits per heavy atom. The highest BCUT2D eigenvalue weighted by Gasteiger charge is 2.38. The molecular formula is C10H11FO. The van der Waals surface area contributed by atoms with Gasteiger partial charge < -0.3 is 5.11 Å². The third-order valence-corrected chi connectivity index (χ3v) is 2.46. The largest absolute Gasteiger partial charge is 0.396 e. The van der Waals surface area contributed by atoms with Crippen LogP contribution in [-0.2, 0) is 0 Å². The maximum atomic E-state index is 13.1. The van der Waals surface area contributed by atoms with Gasteiger partial charge in [0.2, 0.25) is 0 Å². The van der Waals surface area contributed by atoms with Crippen molar-refractivity contribution < 1.29 is 9.50 Å². The average Bonchev–Trinajstić information content (AvgIpc) is 2.84. The van der Waals surface area contributed by atoms with E-state index in [1.165, 1.54) is 6.07 Å². The molecule has 0 aliphatic heterocycles. The van der Waals surface area contributed by atoms with Gasteiger partial charge in [-0.15, -0.1) is 0 Å². The molecule has 0 bridgehead atoms. The smallest absolute Gasteiger partial charge is 0.126 e. The molecule has 64 valence electrons. The minimum atomic E-state index is -0.140. The Balaban J connectivity index is 2.19. The molecule has 1 unspecified atom stereocenters. The maximum Gasteiger partial charge on any atom is 0.126 e. The van der Waals surface area contributed by atoms with E-state index in [4.69, 9.17) is 5.11 Å². The maximum absolute atomic E-state index is 13.1. The first kappa shape index (κ1) is 7.74. The van der Waals surface area contributed by atoms with Crippen molar-refractivity contribution in [3.05, 3.63) is 35.6 Å². The van der Waals surface area contributed by atoms with E-state index in [0.717, 1.165) is 12.0 Å². The van der Waals surface area contributed by atoms with Crippen LogP contribution < -0.4 is 0 Å². The third kappa shape index (κ3) is 1.23. The highest BCUT2D eigenvalue weighted by Crippen LogP contribution is 2.47. The van der Waals surface area contributed by atoms with E-state index < -0.39 is 0 Å². The Labute approximate surface area is 70.8 Å². The molecule has 2 rings (SSSR count). The molecule has 1 nitrogen and oxygen atoms in total. The second-order valence-corrected chi connectivity index (χ2v) is 3.31. The van der Waals surface area contributed by atoms with Crippen molar-refractivity contribution in [2.24, 2.45) is 5.92 Å². The molecule has 2 heteroatoms. The second-order valence-electron chi connectivity index (χ2n) is 3.31. The molecule has 12 heavy (non-hydrogen) atoms. The summed E-state index contributed by atoms with van der Waals surface area (Å²) in [7, 11) is 0. The van der Waals surface area contributed by atoms with Crippen molar-refractivity contribution in [2.75, 3.05) is 6.61 Å². The van der Waals surface area contributed by atoms with E-state index >= 15 is 0 Å². The van der Waals surface area contributed by atoms with Gasteiger partial charge in [0.25, 0.3) is 0 Å². The van der Waals surface area contributed by atoms with Gasteiger partial charge in [0.15, 0.2) is 0 Å². The molecule has 1 aliphatic rings. The van der Waals surface area contributed by atoms with Crippen LogP contribution >= 0.6 is 0 Å². The minimum absolute atomic E-state index is 0.140. The van der Waals surface area contributed by atoms with E-state index in [0.29, 0.717) is 5.92 Å². The number of aliphatic hydroxyl groups is 1. The van der Waals surface area contributed by atoms with E-state index in [2.05, 4.69) is 0 Å². The summed E-state index contributed by atoms with van der Waals surface area (Å²) in [5.41, 5.74) is 0.761. The second kappa shape index (κ2) is 2.87. The normalized spacial score (nSPS) is 27.2. The summed E-state index contributed by atoms with van der Waals surface area (Å²) >= 11 is 0. The molecule has 0 amide bonds. The first-order valence-corrected chi connectivity index (χ1v) is 4.18. The standard InChI is InChI=1S/C10H11FO/c11-10-4-2-1-3-8(10)9-5-7(9)6-12/h1-4,7,9,12H,5-6H2/t7-,9?/m0/s1. The molecule has 1 aliphatic carbocycles. The monoisotopic (exact) mass is 166 g/mol. The fraction of sp³-hybridized carbons (Fsp3) is 0.400. The number of halogens is 1. The molecule has 0 radical (unpaired) electrons. The number of rotatable bonds is 2. The van der Waals surface area contributed by atoms with Crippen LogP contribution in [0.1, 0.15) is 17.9 Å². The Morgan fingerprint density at radius 3 is 2.75 bits per heavy atom. The molecule has 0 heterocycles. The number of hydrogen-bond acceptors (Lipinski definition) is 1. The zero-order chi connectivity index (χ0) is 8.55. The van der Waals surface area contributed by atoms with Crippen LogP contribution in [0.25, 0.3) is 0 Å². The lowest BCUT2D eigenvalue weighted by atomic mass is 10.1. The van der Waals surface area contributed by atoms with E-state index in [-0.39, 0.29) is 18.3 Å². The SMILES string of the molecule is OC[C@@H]1CC1c1ccccc1F. The van der Waals surface area contributed by atoms with Crippen molar-refractivity contribution >= 4 is 0 Å². The lowest BCUT2D eigenvalue weighted by Gasteiger charge is -1.99. The summed E-state index contributed by atoms with van der Waals surface area (Å²) in [5, 5.41) is 8.81. The van der Waals surface area contributed by atoms with Crippen molar-refractivity contribution in [1.82, 2.24) is 0 Å². The lowest BCUT2D eigenvalue weighted by Crippen LogP contribution is -1.91. The Bertz CT molecular complexity index is 285. The van der Waals surface area contributed by atoms with Gasteiger partial charge in [-0.1, -0.05) is 18.2 Å². The van der Waals surface area contributed by atoms with Crippen molar-refractivity contribution in [3.8, 4) is 0 Å². The highest BCUT2D eigenvalue weighted by molar-refractivity contribution is 5.27. The predicted molar refractivity (Wildman–Crippen MR) is 44.3 cm³/mol. The summed E-state index contributed by atoms with van der Waals surface area (Å²) in [6.07, 6.45) is 0.928. The van der Waals surface area contributed by atoms with Gasteiger partial charge in [0.05, 0.1) is 0 Å². The van der Waals surface area contributed by atoms with Crippen molar-refractivity contribution in [3.63, 3.8) is 0 Å². The van der Waals surface area contributed by atoms with Gasteiger partial charge in [-0.2, -0.15) is 0 Å². The third-order valence-electron chi connectivity index (χ3n) is 2.46. The molecule has 1 aromatic carbocycles. The molecule has 2 atom stereocenters.